The minimum atomic E-state index is 0.393. The van der Waals surface area contributed by atoms with Crippen molar-refractivity contribution in [2.75, 3.05) is 18.3 Å². The van der Waals surface area contributed by atoms with Crippen molar-refractivity contribution < 1.29 is 4.74 Å². The Kier molecular flexibility index (Phi) is 5.26. The van der Waals surface area contributed by atoms with Crippen LogP contribution in [-0.4, -0.2) is 24.0 Å². The Morgan fingerprint density at radius 2 is 2.33 bits per heavy atom. The summed E-state index contributed by atoms with van der Waals surface area (Å²) in [6, 6.07) is 4.20. The van der Waals surface area contributed by atoms with E-state index in [1.165, 1.54) is 0 Å². The molecule has 84 valence electrons. The third-order valence-electron chi connectivity index (χ3n) is 2.14. The van der Waals surface area contributed by atoms with Crippen LogP contribution in [0.2, 0.25) is 0 Å². The molecule has 3 nitrogen and oxygen atoms in total. The Morgan fingerprint density at radius 3 is 2.87 bits per heavy atom. The molecule has 0 amide bonds. The molecule has 1 N–H and O–H groups in total. The van der Waals surface area contributed by atoms with E-state index in [1.807, 2.05) is 12.1 Å². The summed E-state index contributed by atoms with van der Waals surface area (Å²) in [5.74, 6) is 2.36. The molecule has 1 aromatic rings. The number of nitrogens with zero attached hydrogens (tertiary/aromatic N) is 1. The van der Waals surface area contributed by atoms with E-state index in [4.69, 9.17) is 16.3 Å². The number of ether oxygens (including phenoxy) is 1. The minimum Gasteiger partial charge on any atom is -0.495 e. The molecule has 0 spiro atoms. The van der Waals surface area contributed by atoms with Gasteiger partial charge in [0.2, 0.25) is 0 Å². The highest BCUT2D eigenvalue weighted by Gasteiger charge is 2.02. The van der Waals surface area contributed by atoms with Crippen LogP contribution in [0.1, 0.15) is 19.8 Å². The lowest BCUT2D eigenvalue weighted by atomic mass is 10.2. The molecule has 0 saturated carbocycles. The van der Waals surface area contributed by atoms with Gasteiger partial charge >= 0.3 is 0 Å². The Labute approximate surface area is 95.8 Å². The fraction of sp³-hybridized carbons (Fsp3) is 0.545. The molecule has 0 radical (unpaired) electrons. The standard InChI is InChI=1S/C11H17ClN2O/c1-9(4-3-7-12)14-11-6-5-10(15-2)8-13-11/h5-6,8-9H,3-4,7H2,1-2H3,(H,13,14). The summed E-state index contributed by atoms with van der Waals surface area (Å²) in [6.07, 6.45) is 3.78. The van der Waals surface area contributed by atoms with E-state index in [9.17, 15) is 0 Å². The zero-order chi connectivity index (χ0) is 11.1. The summed E-state index contributed by atoms with van der Waals surface area (Å²) in [7, 11) is 1.63. The summed E-state index contributed by atoms with van der Waals surface area (Å²) in [5, 5.41) is 3.30. The topological polar surface area (TPSA) is 34.1 Å². The number of rotatable bonds is 6. The second-order valence-electron chi connectivity index (χ2n) is 3.46. The Morgan fingerprint density at radius 1 is 1.53 bits per heavy atom. The van der Waals surface area contributed by atoms with Gasteiger partial charge in [-0.1, -0.05) is 0 Å². The number of aromatic nitrogens is 1. The SMILES string of the molecule is COc1ccc(NC(C)CCCCl)nc1. The highest BCUT2D eigenvalue weighted by molar-refractivity contribution is 6.17. The Hall–Kier alpha value is -0.960. The summed E-state index contributed by atoms with van der Waals surface area (Å²) >= 11 is 5.63. The molecule has 0 fully saturated rings. The number of nitrogens with one attached hydrogen (secondary N) is 1. The monoisotopic (exact) mass is 228 g/mol. The number of hydrogen-bond donors (Lipinski definition) is 1. The predicted molar refractivity (Wildman–Crippen MR) is 63.8 cm³/mol. The second kappa shape index (κ2) is 6.51. The zero-order valence-corrected chi connectivity index (χ0v) is 9.92. The number of anilines is 1. The van der Waals surface area contributed by atoms with Gasteiger partial charge in [0.1, 0.15) is 11.6 Å². The first kappa shape index (κ1) is 12.1. The molecule has 0 aliphatic rings. The molecule has 1 atom stereocenters. The Balaban J connectivity index is 2.42. The van der Waals surface area contributed by atoms with Crippen molar-refractivity contribution in [1.29, 1.82) is 0 Å². The van der Waals surface area contributed by atoms with Gasteiger partial charge in [0, 0.05) is 11.9 Å². The first-order valence-corrected chi connectivity index (χ1v) is 5.62. The highest BCUT2D eigenvalue weighted by Crippen LogP contribution is 2.13. The molecular formula is C11H17ClN2O. The van der Waals surface area contributed by atoms with Crippen molar-refractivity contribution >= 4 is 17.4 Å². The van der Waals surface area contributed by atoms with Crippen LogP contribution in [-0.2, 0) is 0 Å². The van der Waals surface area contributed by atoms with Crippen LogP contribution in [0.5, 0.6) is 5.75 Å². The molecule has 1 aromatic heterocycles. The normalized spacial score (nSPS) is 12.2. The van der Waals surface area contributed by atoms with Crippen molar-refractivity contribution in [3.63, 3.8) is 0 Å². The third-order valence-corrected chi connectivity index (χ3v) is 2.40. The van der Waals surface area contributed by atoms with Crippen LogP contribution < -0.4 is 10.1 Å². The van der Waals surface area contributed by atoms with Crippen LogP contribution >= 0.6 is 11.6 Å². The number of halogens is 1. The lowest BCUT2D eigenvalue weighted by Crippen LogP contribution is -2.15. The van der Waals surface area contributed by atoms with Crippen LogP contribution in [0.15, 0.2) is 18.3 Å². The van der Waals surface area contributed by atoms with Gasteiger partial charge in [0.25, 0.3) is 0 Å². The summed E-state index contributed by atoms with van der Waals surface area (Å²) in [6.45, 7) is 2.12. The molecule has 0 bridgehead atoms. The van der Waals surface area contributed by atoms with Gasteiger partial charge in [0.15, 0.2) is 0 Å². The quantitative estimate of drug-likeness (QED) is 0.761. The number of pyridine rings is 1. The maximum atomic E-state index is 5.63. The van der Waals surface area contributed by atoms with Gasteiger partial charge in [-0.2, -0.15) is 0 Å². The van der Waals surface area contributed by atoms with Crippen LogP contribution in [0, 0.1) is 0 Å². The maximum Gasteiger partial charge on any atom is 0.137 e. The molecular weight excluding hydrogens is 212 g/mol. The highest BCUT2D eigenvalue weighted by atomic mass is 35.5. The molecule has 0 aliphatic carbocycles. The molecule has 1 unspecified atom stereocenters. The van der Waals surface area contributed by atoms with Crippen molar-refractivity contribution in [1.82, 2.24) is 4.98 Å². The zero-order valence-electron chi connectivity index (χ0n) is 9.16. The van der Waals surface area contributed by atoms with E-state index < -0.39 is 0 Å². The molecule has 0 saturated heterocycles. The van der Waals surface area contributed by atoms with Gasteiger partial charge in [-0.3, -0.25) is 0 Å². The molecule has 0 aromatic carbocycles. The molecule has 4 heteroatoms. The van der Waals surface area contributed by atoms with Gasteiger partial charge in [0.05, 0.1) is 13.3 Å². The summed E-state index contributed by atoms with van der Waals surface area (Å²) in [4.78, 5) is 4.23. The maximum absolute atomic E-state index is 5.63. The van der Waals surface area contributed by atoms with E-state index >= 15 is 0 Å². The van der Waals surface area contributed by atoms with Crippen LogP contribution in [0.3, 0.4) is 0 Å². The largest absolute Gasteiger partial charge is 0.495 e. The lowest BCUT2D eigenvalue weighted by Gasteiger charge is -2.13. The smallest absolute Gasteiger partial charge is 0.137 e. The van der Waals surface area contributed by atoms with Gasteiger partial charge in [-0.05, 0) is 31.9 Å². The van der Waals surface area contributed by atoms with Crippen molar-refractivity contribution in [2.24, 2.45) is 0 Å². The van der Waals surface area contributed by atoms with Crippen molar-refractivity contribution in [3.05, 3.63) is 18.3 Å². The molecule has 1 rings (SSSR count). The van der Waals surface area contributed by atoms with E-state index in [1.54, 1.807) is 13.3 Å². The van der Waals surface area contributed by atoms with E-state index in [0.717, 1.165) is 24.4 Å². The van der Waals surface area contributed by atoms with Crippen LogP contribution in [0.25, 0.3) is 0 Å². The van der Waals surface area contributed by atoms with E-state index in [0.29, 0.717) is 11.9 Å². The number of alkyl halides is 1. The fourth-order valence-electron chi connectivity index (χ4n) is 1.29. The van der Waals surface area contributed by atoms with Crippen molar-refractivity contribution in [3.8, 4) is 5.75 Å². The first-order valence-electron chi connectivity index (χ1n) is 5.09. The average Bonchev–Trinajstić information content (AvgIpc) is 2.27. The molecule has 0 aliphatic heterocycles. The predicted octanol–water partition coefficient (Wildman–Crippen LogP) is 2.91. The number of methoxy groups -OCH3 is 1. The van der Waals surface area contributed by atoms with Gasteiger partial charge in [-0.15, -0.1) is 11.6 Å². The van der Waals surface area contributed by atoms with Gasteiger partial charge in [-0.25, -0.2) is 4.98 Å². The van der Waals surface area contributed by atoms with Crippen LogP contribution in [0.4, 0.5) is 5.82 Å². The fourth-order valence-corrected chi connectivity index (χ4v) is 1.45. The first-order chi connectivity index (χ1) is 7.26. The molecule has 15 heavy (non-hydrogen) atoms. The third kappa shape index (κ3) is 4.38. The molecule has 1 heterocycles. The Bertz CT molecular complexity index is 276. The summed E-state index contributed by atoms with van der Waals surface area (Å²) < 4.78 is 5.03. The van der Waals surface area contributed by atoms with Crippen molar-refractivity contribution in [2.45, 2.75) is 25.8 Å². The average molecular weight is 229 g/mol. The lowest BCUT2D eigenvalue weighted by molar-refractivity contribution is 0.413. The second-order valence-corrected chi connectivity index (χ2v) is 3.84. The minimum absolute atomic E-state index is 0.393. The van der Waals surface area contributed by atoms with E-state index in [-0.39, 0.29) is 0 Å². The summed E-state index contributed by atoms with van der Waals surface area (Å²) in [5.41, 5.74) is 0. The van der Waals surface area contributed by atoms with Gasteiger partial charge < -0.3 is 10.1 Å². The number of hydrogen-bond acceptors (Lipinski definition) is 3. The van der Waals surface area contributed by atoms with E-state index in [2.05, 4.69) is 17.2 Å².